The third kappa shape index (κ3) is 4.98. The van der Waals surface area contributed by atoms with Gasteiger partial charge in [-0.25, -0.2) is 9.97 Å². The van der Waals surface area contributed by atoms with Crippen LogP contribution in [0.5, 0.6) is 0 Å². The maximum Gasteiger partial charge on any atom is 0.270 e. The number of carbonyl (C=O) groups excluding carboxylic acids is 1. The van der Waals surface area contributed by atoms with Crippen molar-refractivity contribution in [2.24, 2.45) is 0 Å². The average molecular weight is 321 g/mol. The molecule has 1 amide bonds. The first-order chi connectivity index (χ1) is 10.7. The lowest BCUT2D eigenvalue weighted by Crippen LogP contribution is -2.26. The van der Waals surface area contributed by atoms with Crippen molar-refractivity contribution in [3.8, 4) is 0 Å². The Morgan fingerprint density at radius 2 is 2.05 bits per heavy atom. The summed E-state index contributed by atoms with van der Waals surface area (Å²) in [5, 5.41) is 6.45. The molecule has 0 spiro atoms. The predicted octanol–water partition coefficient (Wildman–Crippen LogP) is 2.64. The van der Waals surface area contributed by atoms with E-state index in [0.29, 0.717) is 29.8 Å². The summed E-state index contributed by atoms with van der Waals surface area (Å²) in [7, 11) is 1.63. The second-order valence-corrected chi connectivity index (χ2v) is 4.94. The van der Waals surface area contributed by atoms with Crippen molar-refractivity contribution in [3.05, 3.63) is 47.2 Å². The van der Waals surface area contributed by atoms with Crippen LogP contribution in [0.25, 0.3) is 0 Å². The van der Waals surface area contributed by atoms with Gasteiger partial charge in [-0.05, 0) is 36.8 Å². The van der Waals surface area contributed by atoms with Crippen molar-refractivity contribution in [2.45, 2.75) is 6.42 Å². The van der Waals surface area contributed by atoms with E-state index in [1.165, 1.54) is 6.20 Å². The van der Waals surface area contributed by atoms with Gasteiger partial charge in [0.25, 0.3) is 5.91 Å². The molecule has 0 atom stereocenters. The SMILES string of the molecule is COCCCNC(=O)c1ccnc(Nc2ccc(Cl)cc2)n1. The number of carbonyl (C=O) groups is 1. The zero-order valence-corrected chi connectivity index (χ0v) is 12.9. The minimum atomic E-state index is -0.238. The van der Waals surface area contributed by atoms with Gasteiger partial charge >= 0.3 is 0 Å². The van der Waals surface area contributed by atoms with Gasteiger partial charge in [-0.1, -0.05) is 11.6 Å². The Hall–Kier alpha value is -2.18. The van der Waals surface area contributed by atoms with E-state index in [4.69, 9.17) is 16.3 Å². The average Bonchev–Trinajstić information content (AvgIpc) is 2.54. The molecule has 22 heavy (non-hydrogen) atoms. The number of ether oxygens (including phenoxy) is 1. The zero-order chi connectivity index (χ0) is 15.8. The maximum absolute atomic E-state index is 12.0. The summed E-state index contributed by atoms with van der Waals surface area (Å²) in [4.78, 5) is 20.3. The highest BCUT2D eigenvalue weighted by Crippen LogP contribution is 2.16. The Balaban J connectivity index is 1.97. The van der Waals surface area contributed by atoms with Gasteiger partial charge in [0.05, 0.1) is 0 Å². The molecule has 1 aromatic heterocycles. The summed E-state index contributed by atoms with van der Waals surface area (Å²) in [5.41, 5.74) is 1.10. The Morgan fingerprint density at radius 1 is 1.27 bits per heavy atom. The number of anilines is 2. The van der Waals surface area contributed by atoms with Crippen LogP contribution in [0.2, 0.25) is 5.02 Å². The lowest BCUT2D eigenvalue weighted by Gasteiger charge is -2.07. The molecule has 0 unspecified atom stereocenters. The third-order valence-corrected chi connectivity index (χ3v) is 3.05. The molecular formula is C15H17ClN4O2. The molecule has 0 radical (unpaired) electrons. The Kier molecular flexibility index (Phi) is 6.12. The number of hydrogen-bond acceptors (Lipinski definition) is 5. The second-order valence-electron chi connectivity index (χ2n) is 4.50. The monoisotopic (exact) mass is 320 g/mol. The fourth-order valence-corrected chi connectivity index (χ4v) is 1.84. The Labute approximate surface area is 133 Å². The van der Waals surface area contributed by atoms with Crippen LogP contribution in [0.15, 0.2) is 36.5 Å². The van der Waals surface area contributed by atoms with Crippen LogP contribution < -0.4 is 10.6 Å². The summed E-state index contributed by atoms with van der Waals surface area (Å²) >= 11 is 5.83. The number of halogens is 1. The molecular weight excluding hydrogens is 304 g/mol. The molecule has 1 aromatic carbocycles. The van der Waals surface area contributed by atoms with Gasteiger partial charge in [0.1, 0.15) is 5.69 Å². The number of nitrogens with one attached hydrogen (secondary N) is 2. The van der Waals surface area contributed by atoms with Crippen LogP contribution in [0, 0.1) is 0 Å². The fraction of sp³-hybridized carbons (Fsp3) is 0.267. The molecule has 6 nitrogen and oxygen atoms in total. The summed E-state index contributed by atoms with van der Waals surface area (Å²) in [6, 6.07) is 8.71. The molecule has 1 heterocycles. The highest BCUT2D eigenvalue weighted by atomic mass is 35.5. The third-order valence-electron chi connectivity index (χ3n) is 2.80. The second kappa shape index (κ2) is 8.31. The molecule has 2 rings (SSSR count). The van der Waals surface area contributed by atoms with Crippen LogP contribution in [-0.2, 0) is 4.74 Å². The van der Waals surface area contributed by atoms with Crippen molar-refractivity contribution >= 4 is 29.1 Å². The van der Waals surface area contributed by atoms with Gasteiger partial charge in [0.15, 0.2) is 0 Å². The highest BCUT2D eigenvalue weighted by molar-refractivity contribution is 6.30. The number of nitrogens with zero attached hydrogens (tertiary/aromatic N) is 2. The molecule has 0 saturated heterocycles. The van der Waals surface area contributed by atoms with Gasteiger partial charge < -0.3 is 15.4 Å². The van der Waals surface area contributed by atoms with Gasteiger partial charge in [-0.15, -0.1) is 0 Å². The van der Waals surface area contributed by atoms with E-state index in [1.54, 1.807) is 25.3 Å². The summed E-state index contributed by atoms with van der Waals surface area (Å²) in [6.45, 7) is 1.14. The largest absolute Gasteiger partial charge is 0.385 e. The first-order valence-corrected chi connectivity index (χ1v) is 7.19. The van der Waals surface area contributed by atoms with E-state index < -0.39 is 0 Å². The van der Waals surface area contributed by atoms with E-state index in [-0.39, 0.29) is 5.91 Å². The molecule has 0 saturated carbocycles. The quantitative estimate of drug-likeness (QED) is 0.767. The minimum absolute atomic E-state index is 0.238. The summed E-state index contributed by atoms with van der Waals surface area (Å²) in [5.74, 6) is 0.115. The van der Waals surface area contributed by atoms with Crippen LogP contribution in [0.3, 0.4) is 0 Å². The molecule has 0 bridgehead atoms. The molecule has 2 aromatic rings. The molecule has 116 valence electrons. The van der Waals surface area contributed by atoms with Crippen LogP contribution in [-0.4, -0.2) is 36.1 Å². The van der Waals surface area contributed by atoms with E-state index in [1.807, 2.05) is 12.1 Å². The van der Waals surface area contributed by atoms with Crippen molar-refractivity contribution < 1.29 is 9.53 Å². The first-order valence-electron chi connectivity index (χ1n) is 6.82. The van der Waals surface area contributed by atoms with Gasteiger partial charge in [-0.3, -0.25) is 4.79 Å². The number of aromatic nitrogens is 2. The van der Waals surface area contributed by atoms with E-state index in [2.05, 4.69) is 20.6 Å². The molecule has 0 aliphatic heterocycles. The lowest BCUT2D eigenvalue weighted by molar-refractivity contribution is 0.0943. The molecule has 2 N–H and O–H groups in total. The standard InChI is InChI=1S/C15H17ClN4O2/c1-22-10-2-8-17-14(21)13-7-9-18-15(20-13)19-12-5-3-11(16)4-6-12/h3-7,9H,2,8,10H2,1H3,(H,17,21)(H,18,19,20). The molecule has 0 fully saturated rings. The van der Waals surface area contributed by atoms with E-state index >= 15 is 0 Å². The smallest absolute Gasteiger partial charge is 0.270 e. The van der Waals surface area contributed by atoms with E-state index in [9.17, 15) is 4.79 Å². The maximum atomic E-state index is 12.0. The lowest BCUT2D eigenvalue weighted by atomic mass is 10.3. The van der Waals surface area contributed by atoms with Crippen LogP contribution in [0.1, 0.15) is 16.9 Å². The van der Waals surface area contributed by atoms with Gasteiger partial charge in [-0.2, -0.15) is 0 Å². The van der Waals surface area contributed by atoms with Crippen molar-refractivity contribution in [3.63, 3.8) is 0 Å². The molecule has 0 aliphatic rings. The minimum Gasteiger partial charge on any atom is -0.385 e. The van der Waals surface area contributed by atoms with Crippen molar-refractivity contribution in [1.29, 1.82) is 0 Å². The summed E-state index contributed by atoms with van der Waals surface area (Å²) < 4.78 is 4.93. The molecule has 0 aliphatic carbocycles. The number of hydrogen-bond donors (Lipinski definition) is 2. The van der Waals surface area contributed by atoms with E-state index in [0.717, 1.165) is 12.1 Å². The van der Waals surface area contributed by atoms with Gasteiger partial charge in [0, 0.05) is 37.2 Å². The number of benzene rings is 1. The van der Waals surface area contributed by atoms with Gasteiger partial charge in [0.2, 0.25) is 5.95 Å². The Morgan fingerprint density at radius 3 is 2.77 bits per heavy atom. The van der Waals surface area contributed by atoms with Crippen LogP contribution in [0.4, 0.5) is 11.6 Å². The first kappa shape index (κ1) is 16.2. The zero-order valence-electron chi connectivity index (χ0n) is 12.2. The topological polar surface area (TPSA) is 76.1 Å². The predicted molar refractivity (Wildman–Crippen MR) is 85.6 cm³/mol. The van der Waals surface area contributed by atoms with Crippen molar-refractivity contribution in [2.75, 3.05) is 25.6 Å². The number of amides is 1. The van der Waals surface area contributed by atoms with Crippen molar-refractivity contribution in [1.82, 2.24) is 15.3 Å². The Bertz CT molecular complexity index is 619. The van der Waals surface area contributed by atoms with Crippen LogP contribution >= 0.6 is 11.6 Å². The normalized spacial score (nSPS) is 10.3. The molecule has 7 heteroatoms. The summed E-state index contributed by atoms with van der Waals surface area (Å²) in [6.07, 6.45) is 2.29. The fourth-order valence-electron chi connectivity index (χ4n) is 1.72. The highest BCUT2D eigenvalue weighted by Gasteiger charge is 2.08. The number of rotatable bonds is 7. The number of methoxy groups -OCH3 is 1.